The smallest absolute Gasteiger partial charge is 0.194 e. The molecule has 3 heteroatoms. The van der Waals surface area contributed by atoms with Crippen LogP contribution in [0.4, 0.5) is 0 Å². The van der Waals surface area contributed by atoms with E-state index in [9.17, 15) is 0 Å². The molecule has 3 rings (SSSR count). The molecule has 0 bridgehead atoms. The average molecular weight is 270 g/mol. The molecule has 2 aromatic rings. The van der Waals surface area contributed by atoms with Crippen molar-refractivity contribution < 1.29 is 4.42 Å². The fraction of sp³-hybridized carbons (Fsp3) is 0.471. The first-order valence-electron chi connectivity index (χ1n) is 7.62. The number of nitrogens with zero attached hydrogens (tertiary/aromatic N) is 1. The molecule has 1 saturated carbocycles. The summed E-state index contributed by atoms with van der Waals surface area (Å²) in [7, 11) is 0. The van der Waals surface area contributed by atoms with E-state index in [0.717, 1.165) is 49.1 Å². The van der Waals surface area contributed by atoms with Crippen LogP contribution in [0, 0.1) is 0 Å². The Bertz CT molecular complexity index is 540. The molecule has 1 heterocycles. The van der Waals surface area contributed by atoms with Crippen LogP contribution in [-0.4, -0.2) is 17.6 Å². The molecule has 20 heavy (non-hydrogen) atoms. The molecule has 1 N–H and O–H groups in total. The first-order chi connectivity index (χ1) is 9.85. The Hall–Kier alpha value is -1.61. The van der Waals surface area contributed by atoms with E-state index in [2.05, 4.69) is 41.5 Å². The van der Waals surface area contributed by atoms with Crippen LogP contribution in [0.25, 0.3) is 11.3 Å². The number of rotatable bonds is 7. The van der Waals surface area contributed by atoms with Gasteiger partial charge in [-0.15, -0.1) is 0 Å². The molecule has 1 fully saturated rings. The minimum atomic E-state index is 0.784. The third-order valence-electron chi connectivity index (χ3n) is 3.78. The maximum absolute atomic E-state index is 5.83. The topological polar surface area (TPSA) is 38.1 Å². The van der Waals surface area contributed by atoms with Crippen molar-refractivity contribution in [2.75, 3.05) is 6.54 Å². The Kier molecular flexibility index (Phi) is 4.16. The van der Waals surface area contributed by atoms with Gasteiger partial charge in [0.15, 0.2) is 11.7 Å². The summed E-state index contributed by atoms with van der Waals surface area (Å²) < 4.78 is 5.83. The molecule has 0 spiro atoms. The Balaban J connectivity index is 1.54. The normalized spacial score (nSPS) is 14.7. The van der Waals surface area contributed by atoms with E-state index in [-0.39, 0.29) is 0 Å². The highest BCUT2D eigenvalue weighted by Gasteiger charge is 2.19. The summed E-state index contributed by atoms with van der Waals surface area (Å²) in [6.45, 7) is 3.23. The lowest BCUT2D eigenvalue weighted by atomic mass is 10.1. The van der Waals surface area contributed by atoms with Gasteiger partial charge in [0, 0.05) is 18.0 Å². The Morgan fingerprint density at radius 2 is 2.05 bits per heavy atom. The number of aryl methyl sites for hydroxylation is 2. The summed E-state index contributed by atoms with van der Waals surface area (Å²) in [6, 6.07) is 9.30. The molecule has 106 valence electrons. The molecule has 0 aliphatic heterocycles. The van der Waals surface area contributed by atoms with Crippen LogP contribution in [0.1, 0.15) is 37.6 Å². The van der Waals surface area contributed by atoms with Crippen LogP contribution in [0.2, 0.25) is 0 Å². The first-order valence-corrected chi connectivity index (χ1v) is 7.62. The van der Waals surface area contributed by atoms with Gasteiger partial charge in [-0.05, 0) is 37.8 Å². The minimum Gasteiger partial charge on any atom is -0.441 e. The molecule has 1 aliphatic carbocycles. The van der Waals surface area contributed by atoms with E-state index in [0.29, 0.717) is 0 Å². The highest BCUT2D eigenvalue weighted by molar-refractivity contribution is 5.56. The monoisotopic (exact) mass is 270 g/mol. The van der Waals surface area contributed by atoms with E-state index in [1.54, 1.807) is 0 Å². The highest BCUT2D eigenvalue weighted by atomic mass is 16.4. The Morgan fingerprint density at radius 3 is 2.75 bits per heavy atom. The van der Waals surface area contributed by atoms with Crippen molar-refractivity contribution >= 4 is 0 Å². The zero-order valence-corrected chi connectivity index (χ0v) is 12.1. The van der Waals surface area contributed by atoms with Crippen LogP contribution < -0.4 is 5.32 Å². The summed E-state index contributed by atoms with van der Waals surface area (Å²) >= 11 is 0. The van der Waals surface area contributed by atoms with Crippen LogP contribution in [0.3, 0.4) is 0 Å². The number of aromatic nitrogens is 1. The van der Waals surface area contributed by atoms with E-state index >= 15 is 0 Å². The SMILES string of the molecule is CCc1ccc(-c2cnc(CCCNC3CC3)o2)cc1. The second-order valence-electron chi connectivity index (χ2n) is 5.50. The summed E-state index contributed by atoms with van der Waals surface area (Å²) in [5.41, 5.74) is 2.46. The van der Waals surface area contributed by atoms with E-state index in [4.69, 9.17) is 4.42 Å². The van der Waals surface area contributed by atoms with E-state index in [1.807, 2.05) is 6.20 Å². The van der Waals surface area contributed by atoms with Gasteiger partial charge in [0.25, 0.3) is 0 Å². The van der Waals surface area contributed by atoms with Gasteiger partial charge in [-0.3, -0.25) is 0 Å². The number of benzene rings is 1. The maximum Gasteiger partial charge on any atom is 0.194 e. The van der Waals surface area contributed by atoms with Crippen molar-refractivity contribution in [3.63, 3.8) is 0 Å². The fourth-order valence-corrected chi connectivity index (χ4v) is 2.30. The Labute approximate surface area is 120 Å². The number of nitrogens with one attached hydrogen (secondary N) is 1. The van der Waals surface area contributed by atoms with Crippen molar-refractivity contribution in [3.8, 4) is 11.3 Å². The predicted octanol–water partition coefficient (Wildman–Crippen LogP) is 3.59. The second kappa shape index (κ2) is 6.23. The summed E-state index contributed by atoms with van der Waals surface area (Å²) in [4.78, 5) is 4.37. The lowest BCUT2D eigenvalue weighted by molar-refractivity contribution is 0.491. The van der Waals surface area contributed by atoms with Gasteiger partial charge >= 0.3 is 0 Å². The van der Waals surface area contributed by atoms with Crippen molar-refractivity contribution in [2.24, 2.45) is 0 Å². The molecule has 0 radical (unpaired) electrons. The van der Waals surface area contributed by atoms with Crippen molar-refractivity contribution in [2.45, 2.75) is 45.1 Å². The molecule has 0 atom stereocenters. The molecule has 1 aromatic carbocycles. The Morgan fingerprint density at radius 1 is 1.25 bits per heavy atom. The zero-order valence-electron chi connectivity index (χ0n) is 12.1. The fourth-order valence-electron chi connectivity index (χ4n) is 2.30. The molecule has 3 nitrogen and oxygen atoms in total. The lowest BCUT2D eigenvalue weighted by Crippen LogP contribution is -2.17. The summed E-state index contributed by atoms with van der Waals surface area (Å²) in [6.07, 6.45) is 7.59. The molecule has 1 aliphatic rings. The largest absolute Gasteiger partial charge is 0.441 e. The van der Waals surface area contributed by atoms with Gasteiger partial charge in [-0.2, -0.15) is 0 Å². The van der Waals surface area contributed by atoms with Crippen LogP contribution >= 0.6 is 0 Å². The van der Waals surface area contributed by atoms with Gasteiger partial charge < -0.3 is 9.73 Å². The summed E-state index contributed by atoms with van der Waals surface area (Å²) in [5.74, 6) is 1.72. The molecular weight excluding hydrogens is 248 g/mol. The molecule has 0 unspecified atom stereocenters. The van der Waals surface area contributed by atoms with E-state index in [1.165, 1.54) is 18.4 Å². The van der Waals surface area contributed by atoms with Gasteiger partial charge in [-0.1, -0.05) is 31.2 Å². The van der Waals surface area contributed by atoms with E-state index < -0.39 is 0 Å². The van der Waals surface area contributed by atoms with Crippen molar-refractivity contribution in [1.29, 1.82) is 0 Å². The van der Waals surface area contributed by atoms with Crippen LogP contribution in [-0.2, 0) is 12.8 Å². The van der Waals surface area contributed by atoms with Gasteiger partial charge in [0.2, 0.25) is 0 Å². The third-order valence-corrected chi connectivity index (χ3v) is 3.78. The highest BCUT2D eigenvalue weighted by Crippen LogP contribution is 2.22. The van der Waals surface area contributed by atoms with Crippen LogP contribution in [0.5, 0.6) is 0 Å². The molecule has 0 amide bonds. The molecule has 0 saturated heterocycles. The first kappa shape index (κ1) is 13.4. The zero-order chi connectivity index (χ0) is 13.8. The maximum atomic E-state index is 5.83. The lowest BCUT2D eigenvalue weighted by Gasteiger charge is -2.00. The number of oxazole rings is 1. The van der Waals surface area contributed by atoms with Crippen LogP contribution in [0.15, 0.2) is 34.9 Å². The van der Waals surface area contributed by atoms with Gasteiger partial charge in [-0.25, -0.2) is 4.98 Å². The molecule has 1 aromatic heterocycles. The number of hydrogen-bond donors (Lipinski definition) is 1. The quantitative estimate of drug-likeness (QED) is 0.781. The minimum absolute atomic E-state index is 0.784. The van der Waals surface area contributed by atoms with Gasteiger partial charge in [0.1, 0.15) is 0 Å². The second-order valence-corrected chi connectivity index (χ2v) is 5.50. The van der Waals surface area contributed by atoms with Crippen molar-refractivity contribution in [3.05, 3.63) is 41.9 Å². The predicted molar refractivity (Wildman–Crippen MR) is 80.7 cm³/mol. The number of hydrogen-bond acceptors (Lipinski definition) is 3. The van der Waals surface area contributed by atoms with Crippen molar-refractivity contribution in [1.82, 2.24) is 10.3 Å². The van der Waals surface area contributed by atoms with Gasteiger partial charge in [0.05, 0.1) is 6.20 Å². The molecular formula is C17H22N2O. The average Bonchev–Trinajstić information content (AvgIpc) is 3.20. The third kappa shape index (κ3) is 3.48. The standard InChI is InChI=1S/C17H22N2O/c1-2-13-5-7-14(8-6-13)16-12-19-17(20-16)4-3-11-18-15-9-10-15/h5-8,12,15,18H,2-4,9-11H2,1H3. The summed E-state index contributed by atoms with van der Waals surface area (Å²) in [5, 5.41) is 3.51.